The molecular weight excluding hydrogens is 468 g/mol. The molecule has 1 heterocycles. The number of aryl methyl sites for hydroxylation is 1. The van der Waals surface area contributed by atoms with E-state index in [-0.39, 0.29) is 11.8 Å². The van der Waals surface area contributed by atoms with E-state index in [2.05, 4.69) is 21.1 Å². The van der Waals surface area contributed by atoms with Gasteiger partial charge in [-0.25, -0.2) is 9.19 Å². The zero-order chi connectivity index (χ0) is 24.1. The first-order valence-corrected chi connectivity index (χ1v) is 13.1. The summed E-state index contributed by atoms with van der Waals surface area (Å²) in [6, 6.07) is 14.9. The number of benzene rings is 2. The van der Waals surface area contributed by atoms with Gasteiger partial charge in [-0.15, -0.1) is 0 Å². The van der Waals surface area contributed by atoms with Gasteiger partial charge in [0, 0.05) is 11.6 Å². The highest BCUT2D eigenvalue weighted by Gasteiger charge is 2.24. The fourth-order valence-electron chi connectivity index (χ4n) is 4.02. The molecule has 34 heavy (non-hydrogen) atoms. The predicted octanol–water partition coefficient (Wildman–Crippen LogP) is 5.46. The van der Waals surface area contributed by atoms with Gasteiger partial charge in [0.15, 0.2) is 16.1 Å². The first kappa shape index (κ1) is 23.9. The topological polar surface area (TPSA) is 104 Å². The van der Waals surface area contributed by atoms with Gasteiger partial charge in [0.1, 0.15) is 10.6 Å². The van der Waals surface area contributed by atoms with Crippen LogP contribution in [0, 0.1) is 24.2 Å². The molecule has 0 radical (unpaired) electrons. The van der Waals surface area contributed by atoms with Crippen LogP contribution in [-0.2, 0) is 22.2 Å². The van der Waals surface area contributed by atoms with Crippen LogP contribution in [0.2, 0.25) is 0 Å². The maximum absolute atomic E-state index is 13.2. The summed E-state index contributed by atoms with van der Waals surface area (Å²) in [7, 11) is -0.0338. The number of ether oxygens (including phenoxy) is 1. The summed E-state index contributed by atoms with van der Waals surface area (Å²) in [6.07, 6.45) is 4.40. The van der Waals surface area contributed by atoms with Crippen LogP contribution < -0.4 is 14.8 Å². The van der Waals surface area contributed by atoms with Crippen molar-refractivity contribution in [2.45, 2.75) is 43.9 Å². The highest BCUT2D eigenvalue weighted by Crippen LogP contribution is 2.37. The zero-order valence-corrected chi connectivity index (χ0v) is 20.7. The third-order valence-corrected chi connectivity index (χ3v) is 8.09. The van der Waals surface area contributed by atoms with Gasteiger partial charge in [-0.1, -0.05) is 36.3 Å². The molecule has 176 valence electrons. The Bertz CT molecular complexity index is 1240. The lowest BCUT2D eigenvalue weighted by Crippen LogP contribution is -2.20. The number of carbonyl (C=O) groups excluding carboxylic acids is 1. The smallest absolute Gasteiger partial charge is 0.229 e. The van der Waals surface area contributed by atoms with Crippen molar-refractivity contribution in [2.75, 3.05) is 17.1 Å². The molecular formula is C25H26N4O3S2. The quantitative estimate of drug-likeness (QED) is 0.433. The lowest BCUT2D eigenvalue weighted by atomic mass is 10.1. The van der Waals surface area contributed by atoms with E-state index in [4.69, 9.17) is 10.00 Å². The summed E-state index contributed by atoms with van der Waals surface area (Å²) in [5, 5.41) is 12.4. The summed E-state index contributed by atoms with van der Waals surface area (Å²) in [5.74, 6) is 0.620. The Morgan fingerprint density at radius 1 is 1.24 bits per heavy atom. The van der Waals surface area contributed by atoms with Gasteiger partial charge in [-0.2, -0.15) is 5.26 Å². The Kier molecular flexibility index (Phi) is 7.60. The highest BCUT2D eigenvalue weighted by molar-refractivity contribution is 7.86. The molecule has 3 aromatic rings. The molecule has 1 atom stereocenters. The number of carbonyl (C=O) groups is 1. The molecule has 1 fully saturated rings. The predicted molar refractivity (Wildman–Crippen MR) is 135 cm³/mol. The van der Waals surface area contributed by atoms with Crippen LogP contribution in [0.15, 0.2) is 47.4 Å². The normalized spacial score (nSPS) is 14.4. The van der Waals surface area contributed by atoms with Crippen molar-refractivity contribution in [3.63, 3.8) is 0 Å². The minimum absolute atomic E-state index is 0.0410. The molecule has 1 amide bonds. The van der Waals surface area contributed by atoms with Crippen molar-refractivity contribution in [1.82, 2.24) is 4.98 Å². The Balaban J connectivity index is 1.55. The van der Waals surface area contributed by atoms with E-state index in [0.717, 1.165) is 47.4 Å². The molecule has 0 bridgehead atoms. The second-order valence-corrected chi connectivity index (χ2v) is 10.4. The number of anilines is 2. The molecule has 0 aliphatic heterocycles. The number of amides is 1. The summed E-state index contributed by atoms with van der Waals surface area (Å²) in [4.78, 5) is 18.5. The standard InChI is InChI=1S/C25H26N4O3S2/c1-16-23(33-25(27-16)28-24(30)18-5-3-4-6-18)19-9-12-21(32-2)22(15-19)34(31)29-20-10-7-17(8-11-20)13-14-26/h7-12,15,18,29H,3-6,13H2,1-2H3,(H,27,28,30). The van der Waals surface area contributed by atoms with Crippen LogP contribution in [0.25, 0.3) is 10.4 Å². The summed E-state index contributed by atoms with van der Waals surface area (Å²) < 4.78 is 21.6. The van der Waals surface area contributed by atoms with Crippen LogP contribution in [0.5, 0.6) is 5.75 Å². The van der Waals surface area contributed by atoms with Crippen molar-refractivity contribution < 1.29 is 13.7 Å². The third-order valence-electron chi connectivity index (χ3n) is 5.83. The fraction of sp³-hybridized carbons (Fsp3) is 0.320. The van der Waals surface area contributed by atoms with Crippen LogP contribution in [0.1, 0.15) is 36.9 Å². The number of methoxy groups -OCH3 is 1. The Hall–Kier alpha value is -3.22. The van der Waals surface area contributed by atoms with Crippen molar-refractivity contribution in [2.24, 2.45) is 5.92 Å². The maximum Gasteiger partial charge on any atom is 0.229 e. The van der Waals surface area contributed by atoms with Crippen molar-refractivity contribution in [3.05, 3.63) is 53.7 Å². The van der Waals surface area contributed by atoms with E-state index >= 15 is 0 Å². The van der Waals surface area contributed by atoms with Crippen LogP contribution in [-0.4, -0.2) is 22.2 Å². The summed E-state index contributed by atoms with van der Waals surface area (Å²) in [6.45, 7) is 1.90. The van der Waals surface area contributed by atoms with Gasteiger partial charge in [0.2, 0.25) is 5.91 Å². The zero-order valence-electron chi connectivity index (χ0n) is 19.1. The average molecular weight is 495 g/mol. The molecule has 2 aromatic carbocycles. The molecule has 1 aromatic heterocycles. The van der Waals surface area contributed by atoms with Gasteiger partial charge in [-0.3, -0.25) is 4.79 Å². The van der Waals surface area contributed by atoms with Crippen LogP contribution >= 0.6 is 11.3 Å². The Morgan fingerprint density at radius 3 is 2.65 bits per heavy atom. The van der Waals surface area contributed by atoms with Crippen molar-refractivity contribution >= 4 is 39.0 Å². The Morgan fingerprint density at radius 2 is 1.97 bits per heavy atom. The van der Waals surface area contributed by atoms with Crippen LogP contribution in [0.3, 0.4) is 0 Å². The molecule has 1 aliphatic rings. The molecule has 1 unspecified atom stereocenters. The van der Waals surface area contributed by atoms with Crippen LogP contribution in [0.4, 0.5) is 10.8 Å². The molecule has 0 spiro atoms. The number of nitrogens with zero attached hydrogens (tertiary/aromatic N) is 2. The number of aromatic nitrogens is 1. The maximum atomic E-state index is 13.2. The number of thiazole rings is 1. The van der Waals surface area contributed by atoms with E-state index < -0.39 is 11.0 Å². The van der Waals surface area contributed by atoms with Gasteiger partial charge < -0.3 is 14.8 Å². The monoisotopic (exact) mass is 494 g/mol. The number of nitrogens with one attached hydrogen (secondary N) is 2. The second kappa shape index (κ2) is 10.8. The van der Waals surface area contributed by atoms with E-state index in [0.29, 0.717) is 27.9 Å². The fourth-order valence-corrected chi connectivity index (χ4v) is 6.01. The van der Waals surface area contributed by atoms with Gasteiger partial charge in [0.05, 0.1) is 30.2 Å². The van der Waals surface area contributed by atoms with E-state index in [1.165, 1.54) is 11.3 Å². The van der Waals surface area contributed by atoms with E-state index in [1.54, 1.807) is 25.3 Å². The molecule has 7 nitrogen and oxygen atoms in total. The molecule has 4 rings (SSSR count). The minimum Gasteiger partial charge on any atom is -0.495 e. The largest absolute Gasteiger partial charge is 0.495 e. The third kappa shape index (κ3) is 5.46. The number of hydrogen-bond acceptors (Lipinski definition) is 6. The van der Waals surface area contributed by atoms with Crippen molar-refractivity contribution in [1.29, 1.82) is 5.26 Å². The van der Waals surface area contributed by atoms with Gasteiger partial charge in [0.25, 0.3) is 0 Å². The lowest BCUT2D eigenvalue weighted by Gasteiger charge is -2.12. The van der Waals surface area contributed by atoms with E-state index in [1.807, 2.05) is 31.2 Å². The average Bonchev–Trinajstić information content (AvgIpc) is 3.50. The highest BCUT2D eigenvalue weighted by atomic mass is 32.2. The first-order chi connectivity index (χ1) is 16.5. The molecule has 9 heteroatoms. The first-order valence-electron chi connectivity index (χ1n) is 11.1. The minimum atomic E-state index is -1.58. The molecule has 0 saturated heterocycles. The SMILES string of the molecule is COc1ccc(-c2sc(NC(=O)C3CCCC3)nc2C)cc1S(=O)Nc1ccc(CC#N)cc1. The lowest BCUT2D eigenvalue weighted by molar-refractivity contribution is -0.119. The molecule has 1 saturated carbocycles. The molecule has 1 aliphatic carbocycles. The number of hydrogen-bond donors (Lipinski definition) is 2. The Labute approximate surface area is 205 Å². The second-order valence-electron chi connectivity index (χ2n) is 8.17. The van der Waals surface area contributed by atoms with E-state index in [9.17, 15) is 9.00 Å². The van der Waals surface area contributed by atoms with Gasteiger partial charge >= 0.3 is 0 Å². The summed E-state index contributed by atoms with van der Waals surface area (Å²) >= 11 is 1.41. The number of rotatable bonds is 8. The van der Waals surface area contributed by atoms with Crippen molar-refractivity contribution in [3.8, 4) is 22.3 Å². The summed E-state index contributed by atoms with van der Waals surface area (Å²) in [5.41, 5.74) is 3.23. The molecule has 2 N–H and O–H groups in total. The van der Waals surface area contributed by atoms with Gasteiger partial charge in [-0.05, 0) is 61.2 Å². The number of nitriles is 1.